The van der Waals surface area contributed by atoms with Crippen LogP contribution in [-0.4, -0.2) is 19.1 Å². The van der Waals surface area contributed by atoms with Crippen molar-refractivity contribution < 1.29 is 0 Å². The van der Waals surface area contributed by atoms with Crippen LogP contribution in [0.15, 0.2) is 30.3 Å². The average Bonchev–Trinajstić information content (AvgIpc) is 2.53. The molecular weight excluding hydrogens is 256 g/mol. The molecule has 2 heteroatoms. The first-order chi connectivity index (χ1) is 10.3. The molecule has 0 amide bonds. The van der Waals surface area contributed by atoms with Crippen molar-refractivity contribution in [1.82, 2.24) is 0 Å². The van der Waals surface area contributed by atoms with Crippen LogP contribution in [0.3, 0.4) is 0 Å². The van der Waals surface area contributed by atoms with E-state index in [-0.39, 0.29) is 0 Å². The zero-order valence-electron chi connectivity index (χ0n) is 13.8. The van der Waals surface area contributed by atoms with Gasteiger partial charge in [0.05, 0.1) is 0 Å². The van der Waals surface area contributed by atoms with Crippen LogP contribution in [-0.2, 0) is 0 Å². The maximum atomic E-state index is 6.21. The summed E-state index contributed by atoms with van der Waals surface area (Å²) in [5, 5.41) is 0. The summed E-state index contributed by atoms with van der Waals surface area (Å²) in [6.45, 7) is 6.56. The molecule has 0 radical (unpaired) electrons. The Bertz CT molecular complexity index is 382. The highest BCUT2D eigenvalue weighted by molar-refractivity contribution is 5.47. The molecule has 1 aromatic rings. The highest BCUT2D eigenvalue weighted by atomic mass is 15.2. The lowest BCUT2D eigenvalue weighted by molar-refractivity contribution is 0.249. The van der Waals surface area contributed by atoms with Gasteiger partial charge in [-0.25, -0.2) is 0 Å². The van der Waals surface area contributed by atoms with E-state index in [0.717, 1.165) is 24.9 Å². The van der Waals surface area contributed by atoms with Crippen LogP contribution in [0.2, 0.25) is 0 Å². The Hall–Kier alpha value is -1.02. The minimum absolute atomic E-state index is 0.506. The lowest BCUT2D eigenvalue weighted by Crippen LogP contribution is -2.47. The number of anilines is 1. The van der Waals surface area contributed by atoms with Gasteiger partial charge >= 0.3 is 0 Å². The topological polar surface area (TPSA) is 29.3 Å². The molecule has 1 aliphatic carbocycles. The number of hydrogen-bond acceptors (Lipinski definition) is 2. The van der Waals surface area contributed by atoms with Gasteiger partial charge in [0.15, 0.2) is 0 Å². The zero-order valence-corrected chi connectivity index (χ0v) is 13.8. The maximum Gasteiger partial charge on any atom is 0.0440 e. The first-order valence-electron chi connectivity index (χ1n) is 8.78. The van der Waals surface area contributed by atoms with Gasteiger partial charge in [-0.05, 0) is 43.2 Å². The van der Waals surface area contributed by atoms with Crippen LogP contribution < -0.4 is 10.6 Å². The van der Waals surface area contributed by atoms with E-state index in [1.54, 1.807) is 0 Å². The lowest BCUT2D eigenvalue weighted by Gasteiger charge is -2.41. The number of unbranched alkanes of at least 4 members (excludes halogenated alkanes) is 1. The third kappa shape index (κ3) is 4.47. The smallest absolute Gasteiger partial charge is 0.0440 e. The molecule has 1 aliphatic rings. The Morgan fingerprint density at radius 2 is 1.81 bits per heavy atom. The molecule has 0 bridgehead atoms. The summed E-state index contributed by atoms with van der Waals surface area (Å²) < 4.78 is 0. The van der Waals surface area contributed by atoms with Crippen LogP contribution in [0.5, 0.6) is 0 Å². The summed E-state index contributed by atoms with van der Waals surface area (Å²) in [7, 11) is 0. The second-order valence-electron chi connectivity index (χ2n) is 6.71. The van der Waals surface area contributed by atoms with Crippen molar-refractivity contribution in [2.75, 3.05) is 18.0 Å². The monoisotopic (exact) mass is 288 g/mol. The highest BCUT2D eigenvalue weighted by Gasteiger charge is 2.29. The molecule has 0 heterocycles. The summed E-state index contributed by atoms with van der Waals surface area (Å²) in [5.41, 5.74) is 7.55. The van der Waals surface area contributed by atoms with Crippen LogP contribution in [0.25, 0.3) is 0 Å². The first-order valence-corrected chi connectivity index (χ1v) is 8.78. The van der Waals surface area contributed by atoms with Gasteiger partial charge in [-0.1, -0.05) is 51.3 Å². The average molecular weight is 288 g/mol. The summed E-state index contributed by atoms with van der Waals surface area (Å²) in [6.07, 6.45) is 7.92. The van der Waals surface area contributed by atoms with Gasteiger partial charge in [-0.2, -0.15) is 0 Å². The van der Waals surface area contributed by atoms with Crippen molar-refractivity contribution in [2.24, 2.45) is 17.6 Å². The summed E-state index contributed by atoms with van der Waals surface area (Å²) in [6, 6.07) is 11.4. The number of para-hydroxylation sites is 1. The zero-order chi connectivity index (χ0) is 15.1. The molecule has 1 saturated carbocycles. The Morgan fingerprint density at radius 1 is 1.14 bits per heavy atom. The van der Waals surface area contributed by atoms with E-state index in [2.05, 4.69) is 49.1 Å². The van der Waals surface area contributed by atoms with Crippen LogP contribution in [0.4, 0.5) is 5.69 Å². The lowest BCUT2D eigenvalue weighted by atomic mass is 9.78. The fourth-order valence-corrected chi connectivity index (χ4v) is 3.68. The molecule has 118 valence electrons. The fourth-order valence-electron chi connectivity index (χ4n) is 3.68. The molecule has 2 nitrogen and oxygen atoms in total. The molecule has 0 saturated heterocycles. The molecule has 0 aliphatic heterocycles. The van der Waals surface area contributed by atoms with E-state index in [1.165, 1.54) is 44.2 Å². The molecule has 0 spiro atoms. The molecule has 21 heavy (non-hydrogen) atoms. The van der Waals surface area contributed by atoms with E-state index in [9.17, 15) is 0 Å². The Morgan fingerprint density at radius 3 is 2.38 bits per heavy atom. The van der Waals surface area contributed by atoms with Gasteiger partial charge in [-0.15, -0.1) is 0 Å². The second-order valence-corrected chi connectivity index (χ2v) is 6.71. The van der Waals surface area contributed by atoms with Crippen molar-refractivity contribution in [3.8, 4) is 0 Å². The predicted octanol–water partition coefficient (Wildman–Crippen LogP) is 4.45. The van der Waals surface area contributed by atoms with Crippen LogP contribution in [0, 0.1) is 11.8 Å². The van der Waals surface area contributed by atoms with Gasteiger partial charge in [0.1, 0.15) is 0 Å². The number of nitrogens with two attached hydrogens (primary N) is 1. The van der Waals surface area contributed by atoms with E-state index < -0.39 is 0 Å². The number of benzene rings is 1. The Labute approximate surface area is 130 Å². The molecule has 1 atom stereocenters. The van der Waals surface area contributed by atoms with Crippen molar-refractivity contribution in [3.05, 3.63) is 30.3 Å². The quantitative estimate of drug-likeness (QED) is 0.803. The summed E-state index contributed by atoms with van der Waals surface area (Å²) >= 11 is 0. The maximum absolute atomic E-state index is 6.21. The standard InChI is InChI=1S/C19H32N2/c1-3-4-14-21(18-8-6-5-7-9-18)19(15-20)17-12-10-16(2)11-13-17/h5-9,16-17,19H,3-4,10-15,20H2,1-2H3. The molecule has 1 fully saturated rings. The minimum atomic E-state index is 0.506. The molecule has 2 rings (SSSR count). The van der Waals surface area contributed by atoms with Gasteiger partial charge in [0, 0.05) is 24.8 Å². The molecular formula is C19H32N2. The number of rotatable bonds is 7. The van der Waals surface area contributed by atoms with Gasteiger partial charge in [0.2, 0.25) is 0 Å². The molecule has 1 unspecified atom stereocenters. The molecule has 0 aromatic heterocycles. The molecule has 2 N–H and O–H groups in total. The largest absolute Gasteiger partial charge is 0.367 e. The predicted molar refractivity (Wildman–Crippen MR) is 92.7 cm³/mol. The fraction of sp³-hybridized carbons (Fsp3) is 0.684. The van der Waals surface area contributed by atoms with Gasteiger partial charge < -0.3 is 10.6 Å². The van der Waals surface area contributed by atoms with E-state index in [0.29, 0.717) is 6.04 Å². The van der Waals surface area contributed by atoms with Gasteiger partial charge in [0.25, 0.3) is 0 Å². The van der Waals surface area contributed by atoms with E-state index in [4.69, 9.17) is 5.73 Å². The number of hydrogen-bond donors (Lipinski definition) is 1. The van der Waals surface area contributed by atoms with Crippen molar-refractivity contribution >= 4 is 5.69 Å². The highest BCUT2D eigenvalue weighted by Crippen LogP contribution is 2.33. The summed E-state index contributed by atoms with van der Waals surface area (Å²) in [5.74, 6) is 1.67. The third-order valence-electron chi connectivity index (χ3n) is 5.09. The molecule has 1 aromatic carbocycles. The normalized spacial score (nSPS) is 23.8. The van der Waals surface area contributed by atoms with Crippen LogP contribution >= 0.6 is 0 Å². The van der Waals surface area contributed by atoms with Gasteiger partial charge in [-0.3, -0.25) is 0 Å². The van der Waals surface area contributed by atoms with Crippen molar-refractivity contribution in [1.29, 1.82) is 0 Å². The SMILES string of the molecule is CCCCN(c1ccccc1)C(CN)C1CCC(C)CC1. The van der Waals surface area contributed by atoms with Crippen molar-refractivity contribution in [2.45, 2.75) is 58.4 Å². The summed E-state index contributed by atoms with van der Waals surface area (Å²) in [4.78, 5) is 2.59. The Balaban J connectivity index is 2.12. The third-order valence-corrected chi connectivity index (χ3v) is 5.09. The van der Waals surface area contributed by atoms with Crippen molar-refractivity contribution in [3.63, 3.8) is 0 Å². The van der Waals surface area contributed by atoms with E-state index in [1.807, 2.05) is 0 Å². The van der Waals surface area contributed by atoms with E-state index >= 15 is 0 Å². The van der Waals surface area contributed by atoms with Crippen LogP contribution in [0.1, 0.15) is 52.4 Å². The Kier molecular flexibility index (Phi) is 6.56. The second kappa shape index (κ2) is 8.43. The number of nitrogens with zero attached hydrogens (tertiary/aromatic N) is 1. The minimum Gasteiger partial charge on any atom is -0.367 e. The first kappa shape index (κ1) is 16.4.